The molecule has 1 aromatic carbocycles. The normalized spacial score (nSPS) is 15.5. The molecule has 0 atom stereocenters. The molecule has 5 nitrogen and oxygen atoms in total. The van der Waals surface area contributed by atoms with Crippen molar-refractivity contribution in [3.05, 3.63) is 41.6 Å². The third-order valence-electron chi connectivity index (χ3n) is 3.61. The monoisotopic (exact) mass is 299 g/mol. The highest BCUT2D eigenvalue weighted by Gasteiger charge is 2.20. The predicted molar refractivity (Wildman–Crippen MR) is 85.2 cm³/mol. The Hall–Kier alpha value is -2.32. The van der Waals surface area contributed by atoms with E-state index in [9.17, 15) is 10.1 Å². The highest BCUT2D eigenvalue weighted by atomic mass is 16.5. The van der Waals surface area contributed by atoms with E-state index < -0.39 is 0 Å². The molecule has 1 heterocycles. The number of rotatable bonds is 4. The number of hydrogen-bond donors (Lipinski definition) is 1. The van der Waals surface area contributed by atoms with Crippen LogP contribution in [0.1, 0.15) is 25.3 Å². The zero-order valence-corrected chi connectivity index (χ0v) is 13.0. The van der Waals surface area contributed by atoms with Crippen molar-refractivity contribution < 1.29 is 9.53 Å². The molecule has 1 aromatic rings. The lowest BCUT2D eigenvalue weighted by atomic mass is 10.0. The van der Waals surface area contributed by atoms with E-state index >= 15 is 0 Å². The topological polar surface area (TPSA) is 65.4 Å². The van der Waals surface area contributed by atoms with Gasteiger partial charge in [-0.2, -0.15) is 5.26 Å². The van der Waals surface area contributed by atoms with E-state index in [0.29, 0.717) is 32.2 Å². The number of carbonyl (C=O) groups is 1. The van der Waals surface area contributed by atoms with Gasteiger partial charge in [-0.05, 0) is 23.6 Å². The fourth-order valence-corrected chi connectivity index (χ4v) is 2.20. The van der Waals surface area contributed by atoms with Gasteiger partial charge in [0.25, 0.3) is 5.91 Å². The summed E-state index contributed by atoms with van der Waals surface area (Å²) in [6.07, 6.45) is 1.47. The molecule has 22 heavy (non-hydrogen) atoms. The van der Waals surface area contributed by atoms with Crippen LogP contribution in [0.2, 0.25) is 0 Å². The van der Waals surface area contributed by atoms with Gasteiger partial charge in [-0.25, -0.2) is 0 Å². The van der Waals surface area contributed by atoms with Crippen LogP contribution in [-0.4, -0.2) is 37.1 Å². The van der Waals surface area contributed by atoms with Gasteiger partial charge in [-0.1, -0.05) is 26.0 Å². The molecule has 0 aliphatic carbocycles. The number of morpholine rings is 1. The number of hydrogen-bond acceptors (Lipinski definition) is 4. The first-order valence-corrected chi connectivity index (χ1v) is 7.45. The summed E-state index contributed by atoms with van der Waals surface area (Å²) in [5.41, 5.74) is 2.21. The van der Waals surface area contributed by atoms with Crippen LogP contribution in [0.4, 0.5) is 5.69 Å². The molecule has 5 heteroatoms. The van der Waals surface area contributed by atoms with E-state index in [1.165, 1.54) is 11.8 Å². The molecule has 116 valence electrons. The van der Waals surface area contributed by atoms with E-state index in [1.54, 1.807) is 4.90 Å². The van der Waals surface area contributed by atoms with Gasteiger partial charge in [-0.15, -0.1) is 0 Å². The lowest BCUT2D eigenvalue weighted by Crippen LogP contribution is -2.41. The minimum absolute atomic E-state index is 0.106. The Balaban J connectivity index is 2.02. The average molecular weight is 299 g/mol. The summed E-state index contributed by atoms with van der Waals surface area (Å²) >= 11 is 0. The average Bonchev–Trinajstić information content (AvgIpc) is 2.56. The van der Waals surface area contributed by atoms with Crippen LogP contribution >= 0.6 is 0 Å². The number of ether oxygens (including phenoxy) is 1. The van der Waals surface area contributed by atoms with E-state index in [2.05, 4.69) is 19.2 Å². The molecule has 1 aliphatic rings. The summed E-state index contributed by atoms with van der Waals surface area (Å²) in [5, 5.41) is 12.2. The predicted octanol–water partition coefficient (Wildman–Crippen LogP) is 2.49. The molecule has 1 fully saturated rings. The van der Waals surface area contributed by atoms with Crippen molar-refractivity contribution in [2.75, 3.05) is 31.6 Å². The SMILES string of the molecule is CC(C)c1ccc(N/C=C(/C#N)C(=O)N2CCOCC2)cc1. The molecule has 2 rings (SSSR count). The third kappa shape index (κ3) is 4.09. The van der Waals surface area contributed by atoms with Crippen molar-refractivity contribution in [1.82, 2.24) is 4.90 Å². The van der Waals surface area contributed by atoms with Crippen LogP contribution in [0.5, 0.6) is 0 Å². The molecular weight excluding hydrogens is 278 g/mol. The van der Waals surface area contributed by atoms with E-state index in [0.717, 1.165) is 5.69 Å². The lowest BCUT2D eigenvalue weighted by Gasteiger charge is -2.26. The maximum Gasteiger partial charge on any atom is 0.266 e. The molecule has 1 saturated heterocycles. The van der Waals surface area contributed by atoms with Crippen LogP contribution in [0.15, 0.2) is 36.0 Å². The fraction of sp³-hybridized carbons (Fsp3) is 0.412. The lowest BCUT2D eigenvalue weighted by molar-refractivity contribution is -0.130. The second-order valence-electron chi connectivity index (χ2n) is 5.50. The van der Waals surface area contributed by atoms with E-state index in [4.69, 9.17) is 4.74 Å². The van der Waals surface area contributed by atoms with E-state index in [-0.39, 0.29) is 11.5 Å². The zero-order valence-electron chi connectivity index (χ0n) is 13.0. The fourth-order valence-electron chi connectivity index (χ4n) is 2.20. The Kier molecular flexibility index (Phi) is 5.56. The smallest absolute Gasteiger partial charge is 0.266 e. The number of nitrogens with zero attached hydrogens (tertiary/aromatic N) is 2. The van der Waals surface area contributed by atoms with Crippen LogP contribution in [0.25, 0.3) is 0 Å². The van der Waals surface area contributed by atoms with Crippen LogP contribution in [0.3, 0.4) is 0 Å². The van der Waals surface area contributed by atoms with Gasteiger partial charge >= 0.3 is 0 Å². The Labute approximate surface area is 131 Å². The largest absolute Gasteiger partial charge is 0.378 e. The Morgan fingerprint density at radius 1 is 1.32 bits per heavy atom. The van der Waals surface area contributed by atoms with Crippen LogP contribution < -0.4 is 5.32 Å². The first-order chi connectivity index (χ1) is 10.6. The first-order valence-electron chi connectivity index (χ1n) is 7.45. The molecule has 0 saturated carbocycles. The van der Waals surface area contributed by atoms with Crippen molar-refractivity contribution in [3.63, 3.8) is 0 Å². The highest BCUT2D eigenvalue weighted by Crippen LogP contribution is 2.17. The summed E-state index contributed by atoms with van der Waals surface area (Å²) in [6.45, 7) is 6.37. The number of nitriles is 1. The van der Waals surface area contributed by atoms with Crippen molar-refractivity contribution >= 4 is 11.6 Å². The number of carbonyl (C=O) groups excluding carboxylic acids is 1. The maximum atomic E-state index is 12.2. The molecule has 0 aromatic heterocycles. The zero-order chi connectivity index (χ0) is 15.9. The summed E-state index contributed by atoms with van der Waals surface area (Å²) in [7, 11) is 0. The van der Waals surface area contributed by atoms with Gasteiger partial charge in [-0.3, -0.25) is 4.79 Å². The summed E-state index contributed by atoms with van der Waals surface area (Å²) in [4.78, 5) is 13.9. The molecule has 1 amide bonds. The van der Waals surface area contributed by atoms with Gasteiger partial charge in [0.2, 0.25) is 0 Å². The Morgan fingerprint density at radius 2 is 1.95 bits per heavy atom. The van der Waals surface area contributed by atoms with Gasteiger partial charge in [0.15, 0.2) is 0 Å². The number of benzene rings is 1. The molecule has 0 radical (unpaired) electrons. The number of anilines is 1. The van der Waals surface area contributed by atoms with Crippen molar-refractivity contribution in [3.8, 4) is 6.07 Å². The van der Waals surface area contributed by atoms with Crippen LogP contribution in [0, 0.1) is 11.3 Å². The first kappa shape index (κ1) is 16.1. The van der Waals surface area contributed by atoms with Crippen molar-refractivity contribution in [2.45, 2.75) is 19.8 Å². The molecule has 0 bridgehead atoms. The minimum Gasteiger partial charge on any atom is -0.378 e. The van der Waals surface area contributed by atoms with Crippen molar-refractivity contribution in [1.29, 1.82) is 5.26 Å². The van der Waals surface area contributed by atoms with Gasteiger partial charge < -0.3 is 15.0 Å². The maximum absolute atomic E-state index is 12.2. The summed E-state index contributed by atoms with van der Waals surface area (Å²) < 4.78 is 5.21. The quantitative estimate of drug-likeness (QED) is 0.685. The van der Waals surface area contributed by atoms with Gasteiger partial charge in [0, 0.05) is 25.0 Å². The minimum atomic E-state index is -0.253. The molecule has 1 aliphatic heterocycles. The molecule has 0 spiro atoms. The Morgan fingerprint density at radius 3 is 2.50 bits per heavy atom. The van der Waals surface area contributed by atoms with Crippen molar-refractivity contribution in [2.24, 2.45) is 0 Å². The van der Waals surface area contributed by atoms with Crippen LogP contribution in [-0.2, 0) is 9.53 Å². The molecule has 1 N–H and O–H groups in total. The van der Waals surface area contributed by atoms with Gasteiger partial charge in [0.05, 0.1) is 13.2 Å². The Bertz CT molecular complexity index is 579. The third-order valence-corrected chi connectivity index (χ3v) is 3.61. The number of nitrogens with one attached hydrogen (secondary N) is 1. The summed E-state index contributed by atoms with van der Waals surface area (Å²) in [5.74, 6) is 0.222. The standard InChI is InChI=1S/C17H21N3O2/c1-13(2)14-3-5-16(6-4-14)19-12-15(11-18)17(21)20-7-9-22-10-8-20/h3-6,12-13,19H,7-10H2,1-2H3/b15-12-. The molecule has 0 unspecified atom stereocenters. The second kappa shape index (κ2) is 7.62. The second-order valence-corrected chi connectivity index (χ2v) is 5.50. The van der Waals surface area contributed by atoms with Gasteiger partial charge in [0.1, 0.15) is 11.6 Å². The highest BCUT2D eigenvalue weighted by molar-refractivity contribution is 5.97. The number of amides is 1. The summed E-state index contributed by atoms with van der Waals surface area (Å²) in [6, 6.07) is 9.93. The van der Waals surface area contributed by atoms with E-state index in [1.807, 2.05) is 30.3 Å². The molecular formula is C17H21N3O2.